The van der Waals surface area contributed by atoms with Crippen LogP contribution in [-0.4, -0.2) is 48.1 Å². The largest absolute Gasteiger partial charge is 0.478 e. The predicted octanol–water partition coefficient (Wildman–Crippen LogP) is 3.97. The van der Waals surface area contributed by atoms with Gasteiger partial charge in [0.25, 0.3) is 0 Å². The van der Waals surface area contributed by atoms with Crippen LogP contribution in [0.3, 0.4) is 0 Å². The number of aromatic carboxylic acids is 1. The number of hydrogen-bond donors (Lipinski definition) is 2. The molecule has 2 aromatic rings. The van der Waals surface area contributed by atoms with Gasteiger partial charge in [-0.25, -0.2) is 9.18 Å². The average Bonchev–Trinajstić information content (AvgIpc) is 2.74. The Morgan fingerprint density at radius 3 is 2.50 bits per heavy atom. The molecule has 0 saturated carbocycles. The van der Waals surface area contributed by atoms with Crippen LogP contribution >= 0.6 is 0 Å². The fourth-order valence-electron chi connectivity index (χ4n) is 3.60. The molecule has 1 amide bonds. The molecule has 2 aromatic carbocycles. The van der Waals surface area contributed by atoms with Crippen LogP contribution in [-0.2, 0) is 11.3 Å². The molecule has 6 nitrogen and oxygen atoms in total. The number of nitrogens with zero attached hydrogens (tertiary/aromatic N) is 2. The third kappa shape index (κ3) is 5.57. The second-order valence-electron chi connectivity index (χ2n) is 7.54. The summed E-state index contributed by atoms with van der Waals surface area (Å²) in [5.41, 5.74) is 1.91. The summed E-state index contributed by atoms with van der Waals surface area (Å²) in [6, 6.07) is 11.9. The average molecular weight is 413 g/mol. The van der Waals surface area contributed by atoms with E-state index in [4.69, 9.17) is 0 Å². The number of anilines is 2. The van der Waals surface area contributed by atoms with Crippen molar-refractivity contribution in [2.24, 2.45) is 0 Å². The first-order valence-corrected chi connectivity index (χ1v) is 10.4. The fourth-order valence-corrected chi connectivity index (χ4v) is 3.60. The van der Waals surface area contributed by atoms with Gasteiger partial charge >= 0.3 is 5.97 Å². The molecule has 1 fully saturated rings. The van der Waals surface area contributed by atoms with Gasteiger partial charge in [0.05, 0.1) is 11.3 Å². The van der Waals surface area contributed by atoms with Crippen LogP contribution in [0.1, 0.15) is 42.1 Å². The summed E-state index contributed by atoms with van der Waals surface area (Å²) in [6.45, 7) is 5.51. The molecule has 2 N–H and O–H groups in total. The number of benzene rings is 2. The van der Waals surface area contributed by atoms with Gasteiger partial charge in [0.15, 0.2) is 0 Å². The topological polar surface area (TPSA) is 72.9 Å². The van der Waals surface area contributed by atoms with Crippen molar-refractivity contribution in [3.63, 3.8) is 0 Å². The molecule has 0 spiro atoms. The van der Waals surface area contributed by atoms with E-state index in [1.54, 1.807) is 24.3 Å². The number of unbranched alkanes of at least 4 members (excludes halogenated alkanes) is 1. The first kappa shape index (κ1) is 21.8. The molecule has 30 heavy (non-hydrogen) atoms. The Bertz CT molecular complexity index is 895. The van der Waals surface area contributed by atoms with Gasteiger partial charge in [0.1, 0.15) is 5.82 Å². The number of piperazine rings is 1. The molecular weight excluding hydrogens is 385 g/mol. The molecule has 0 unspecified atom stereocenters. The van der Waals surface area contributed by atoms with E-state index >= 15 is 0 Å². The van der Waals surface area contributed by atoms with Crippen molar-refractivity contribution in [3.05, 3.63) is 59.4 Å². The minimum atomic E-state index is -1.07. The summed E-state index contributed by atoms with van der Waals surface area (Å²) in [5, 5.41) is 12.3. The molecule has 1 saturated heterocycles. The van der Waals surface area contributed by atoms with Crippen LogP contribution in [0.2, 0.25) is 0 Å². The van der Waals surface area contributed by atoms with E-state index in [2.05, 4.69) is 15.1 Å². The van der Waals surface area contributed by atoms with E-state index in [-0.39, 0.29) is 17.3 Å². The Morgan fingerprint density at radius 2 is 1.83 bits per heavy atom. The van der Waals surface area contributed by atoms with Gasteiger partial charge in [-0.1, -0.05) is 31.5 Å². The Balaban J connectivity index is 1.64. The molecule has 1 aliphatic rings. The summed E-state index contributed by atoms with van der Waals surface area (Å²) in [5.74, 6) is -1.43. The van der Waals surface area contributed by atoms with Crippen molar-refractivity contribution >= 4 is 23.3 Å². The second kappa shape index (κ2) is 10.2. The van der Waals surface area contributed by atoms with Crippen LogP contribution in [0, 0.1) is 5.82 Å². The van der Waals surface area contributed by atoms with Gasteiger partial charge in [-0.2, -0.15) is 0 Å². The number of halogens is 1. The third-order valence-electron chi connectivity index (χ3n) is 5.35. The van der Waals surface area contributed by atoms with E-state index in [9.17, 15) is 19.1 Å². The lowest BCUT2D eigenvalue weighted by molar-refractivity contribution is -0.116. The number of carboxylic acid groups (broad SMARTS) is 1. The Labute approximate surface area is 176 Å². The van der Waals surface area contributed by atoms with Gasteiger partial charge in [-0.3, -0.25) is 9.69 Å². The summed E-state index contributed by atoms with van der Waals surface area (Å²) in [7, 11) is 0. The molecule has 160 valence electrons. The first-order valence-electron chi connectivity index (χ1n) is 10.4. The zero-order chi connectivity index (χ0) is 21.5. The molecule has 0 bridgehead atoms. The summed E-state index contributed by atoms with van der Waals surface area (Å²) < 4.78 is 13.9. The van der Waals surface area contributed by atoms with Crippen molar-refractivity contribution in [3.8, 4) is 0 Å². The number of nitrogens with one attached hydrogen (secondary N) is 1. The van der Waals surface area contributed by atoms with Gasteiger partial charge in [-0.15, -0.1) is 0 Å². The fraction of sp³-hybridized carbons (Fsp3) is 0.391. The highest BCUT2D eigenvalue weighted by molar-refractivity contribution is 6.01. The minimum Gasteiger partial charge on any atom is -0.478 e. The molecule has 0 radical (unpaired) electrons. The summed E-state index contributed by atoms with van der Waals surface area (Å²) >= 11 is 0. The normalized spacial score (nSPS) is 14.5. The van der Waals surface area contributed by atoms with Crippen molar-refractivity contribution in [1.82, 2.24) is 4.90 Å². The van der Waals surface area contributed by atoms with E-state index in [0.29, 0.717) is 24.2 Å². The standard InChI is InChI=1S/C23H28FN3O3/c1-2-3-8-22(28)25-21-10-9-18(15-19(21)23(29)30)27-13-11-26(12-14-27)16-17-6-4-5-7-20(17)24/h4-7,9-10,15H,2-3,8,11-14,16H2,1H3,(H,25,28)(H,29,30). The molecular formula is C23H28FN3O3. The van der Waals surface area contributed by atoms with Crippen molar-refractivity contribution < 1.29 is 19.1 Å². The zero-order valence-corrected chi connectivity index (χ0v) is 17.2. The highest BCUT2D eigenvalue weighted by Crippen LogP contribution is 2.25. The highest BCUT2D eigenvalue weighted by Gasteiger charge is 2.21. The van der Waals surface area contributed by atoms with E-state index in [1.165, 1.54) is 6.07 Å². The molecule has 0 aromatic heterocycles. The van der Waals surface area contributed by atoms with Gasteiger partial charge in [-0.05, 0) is 30.7 Å². The number of carboxylic acids is 1. The third-order valence-corrected chi connectivity index (χ3v) is 5.35. The lowest BCUT2D eigenvalue weighted by Gasteiger charge is -2.36. The van der Waals surface area contributed by atoms with Crippen molar-refractivity contribution in [2.45, 2.75) is 32.7 Å². The maximum atomic E-state index is 13.9. The van der Waals surface area contributed by atoms with Gasteiger partial charge < -0.3 is 15.3 Å². The molecule has 3 rings (SSSR count). The molecule has 1 heterocycles. The zero-order valence-electron chi connectivity index (χ0n) is 17.2. The Morgan fingerprint density at radius 1 is 1.10 bits per heavy atom. The number of carbonyl (C=O) groups excluding carboxylic acids is 1. The lowest BCUT2D eigenvalue weighted by atomic mass is 10.1. The lowest BCUT2D eigenvalue weighted by Crippen LogP contribution is -2.46. The second-order valence-corrected chi connectivity index (χ2v) is 7.54. The molecule has 7 heteroatoms. The summed E-state index contributed by atoms with van der Waals surface area (Å²) in [6.07, 6.45) is 2.05. The van der Waals surface area contributed by atoms with Crippen LogP contribution in [0.25, 0.3) is 0 Å². The molecule has 1 aliphatic heterocycles. The number of hydrogen-bond acceptors (Lipinski definition) is 4. The summed E-state index contributed by atoms with van der Waals surface area (Å²) in [4.78, 5) is 28.0. The quantitative estimate of drug-likeness (QED) is 0.685. The number of amides is 1. The van der Waals surface area contributed by atoms with E-state index in [1.807, 2.05) is 19.1 Å². The van der Waals surface area contributed by atoms with Crippen LogP contribution in [0.4, 0.5) is 15.8 Å². The maximum absolute atomic E-state index is 13.9. The smallest absolute Gasteiger partial charge is 0.337 e. The first-order chi connectivity index (χ1) is 14.5. The highest BCUT2D eigenvalue weighted by atomic mass is 19.1. The predicted molar refractivity (Wildman–Crippen MR) is 115 cm³/mol. The van der Waals surface area contributed by atoms with E-state index in [0.717, 1.165) is 44.7 Å². The van der Waals surface area contributed by atoms with Gasteiger partial charge in [0.2, 0.25) is 5.91 Å². The maximum Gasteiger partial charge on any atom is 0.337 e. The molecule has 0 atom stereocenters. The number of rotatable bonds is 8. The Kier molecular flexibility index (Phi) is 7.41. The van der Waals surface area contributed by atoms with Crippen molar-refractivity contribution in [2.75, 3.05) is 36.4 Å². The SMILES string of the molecule is CCCCC(=O)Nc1ccc(N2CCN(Cc3ccccc3F)CC2)cc1C(=O)O. The number of carbonyl (C=O) groups is 2. The van der Waals surface area contributed by atoms with Crippen molar-refractivity contribution in [1.29, 1.82) is 0 Å². The van der Waals surface area contributed by atoms with Gasteiger partial charge in [0, 0.05) is 50.4 Å². The monoisotopic (exact) mass is 413 g/mol. The van der Waals surface area contributed by atoms with Crippen LogP contribution in [0.15, 0.2) is 42.5 Å². The van der Waals surface area contributed by atoms with Crippen LogP contribution in [0.5, 0.6) is 0 Å². The Hall–Kier alpha value is -2.93. The van der Waals surface area contributed by atoms with Crippen LogP contribution < -0.4 is 10.2 Å². The minimum absolute atomic E-state index is 0.0890. The van der Waals surface area contributed by atoms with E-state index < -0.39 is 5.97 Å². The molecule has 0 aliphatic carbocycles.